The molecule has 1 aromatic heterocycles. The number of thiophene rings is 1. The van der Waals surface area contributed by atoms with Crippen LogP contribution in [0.3, 0.4) is 0 Å². The van der Waals surface area contributed by atoms with Crippen molar-refractivity contribution in [1.82, 2.24) is 5.32 Å². The van der Waals surface area contributed by atoms with E-state index in [4.69, 9.17) is 0 Å². The Kier molecular flexibility index (Phi) is 3.51. The van der Waals surface area contributed by atoms with Crippen molar-refractivity contribution < 1.29 is 0 Å². The number of rotatable bonds is 4. The van der Waals surface area contributed by atoms with Gasteiger partial charge >= 0.3 is 0 Å². The minimum Gasteiger partial charge on any atom is -0.309 e. The molecule has 1 atom stereocenters. The maximum Gasteiger partial charge on any atom is 0.0331 e. The van der Waals surface area contributed by atoms with E-state index in [-0.39, 0.29) is 0 Å². The first kappa shape index (κ1) is 12.1. The largest absolute Gasteiger partial charge is 0.309 e. The first-order valence-corrected chi connectivity index (χ1v) is 8.78. The molecule has 1 aromatic rings. The van der Waals surface area contributed by atoms with Gasteiger partial charge in [-0.3, -0.25) is 0 Å². The van der Waals surface area contributed by atoms with Crippen molar-refractivity contribution in [2.24, 2.45) is 0 Å². The Bertz CT molecular complexity index is 376. The molecule has 1 saturated carbocycles. The molecule has 17 heavy (non-hydrogen) atoms. The number of hydrogen-bond donors (Lipinski definition) is 1. The Morgan fingerprint density at radius 1 is 1.47 bits per heavy atom. The summed E-state index contributed by atoms with van der Waals surface area (Å²) in [4.78, 5) is 1.63. The molecule has 2 aliphatic carbocycles. The average Bonchev–Trinajstić information content (AvgIpc) is 2.77. The molecule has 3 heteroatoms. The van der Waals surface area contributed by atoms with E-state index in [0.717, 1.165) is 0 Å². The molecule has 0 spiro atoms. The maximum atomic E-state index is 3.84. The Balaban J connectivity index is 1.63. The predicted molar refractivity (Wildman–Crippen MR) is 78.1 cm³/mol. The van der Waals surface area contributed by atoms with Gasteiger partial charge in [0.15, 0.2) is 0 Å². The third kappa shape index (κ3) is 2.29. The zero-order valence-corrected chi connectivity index (χ0v) is 12.1. The molecule has 2 aliphatic rings. The van der Waals surface area contributed by atoms with Crippen molar-refractivity contribution in [3.63, 3.8) is 0 Å². The van der Waals surface area contributed by atoms with E-state index in [2.05, 4.69) is 34.8 Å². The summed E-state index contributed by atoms with van der Waals surface area (Å²) in [6.45, 7) is 1.20. The van der Waals surface area contributed by atoms with Gasteiger partial charge < -0.3 is 5.32 Å². The van der Waals surface area contributed by atoms with Gasteiger partial charge in [-0.2, -0.15) is 11.8 Å². The van der Waals surface area contributed by atoms with Crippen LogP contribution in [0.15, 0.2) is 11.4 Å². The summed E-state index contributed by atoms with van der Waals surface area (Å²) in [6.07, 6.45) is 10.5. The molecule has 1 N–H and O–H groups in total. The van der Waals surface area contributed by atoms with Crippen molar-refractivity contribution >= 4 is 23.1 Å². The standard InChI is InChI=1S/C14H21NS2/c1-16-14(7-3-8-14)10-15-12-4-2-5-13-11(12)6-9-17-13/h6,9,12,15H,2-5,7-8,10H2,1H3. The van der Waals surface area contributed by atoms with Crippen molar-refractivity contribution in [3.05, 3.63) is 21.9 Å². The number of nitrogens with one attached hydrogen (secondary N) is 1. The van der Waals surface area contributed by atoms with Crippen molar-refractivity contribution in [3.8, 4) is 0 Å². The Labute approximate surface area is 112 Å². The SMILES string of the molecule is CSC1(CNC2CCCc3sccc32)CCC1. The molecule has 0 aliphatic heterocycles. The van der Waals surface area contributed by atoms with Crippen LogP contribution in [-0.4, -0.2) is 17.5 Å². The zero-order chi connectivity index (χ0) is 11.7. The van der Waals surface area contributed by atoms with Crippen LogP contribution in [0.5, 0.6) is 0 Å². The van der Waals surface area contributed by atoms with E-state index in [0.29, 0.717) is 10.8 Å². The fourth-order valence-corrected chi connectivity index (χ4v) is 4.94. The highest BCUT2D eigenvalue weighted by Gasteiger charge is 2.36. The quantitative estimate of drug-likeness (QED) is 0.885. The molecule has 1 unspecified atom stereocenters. The van der Waals surface area contributed by atoms with Gasteiger partial charge in [-0.15, -0.1) is 11.3 Å². The number of aryl methyl sites for hydroxylation is 1. The fourth-order valence-electron chi connectivity index (χ4n) is 3.03. The van der Waals surface area contributed by atoms with E-state index in [1.807, 2.05) is 11.3 Å². The second kappa shape index (κ2) is 4.94. The van der Waals surface area contributed by atoms with E-state index >= 15 is 0 Å². The molecule has 0 aromatic carbocycles. The number of thioether (sulfide) groups is 1. The van der Waals surface area contributed by atoms with Crippen molar-refractivity contribution in [2.45, 2.75) is 49.3 Å². The fraction of sp³-hybridized carbons (Fsp3) is 0.714. The normalized spacial score (nSPS) is 26.3. The summed E-state index contributed by atoms with van der Waals surface area (Å²) < 4.78 is 0.563. The van der Waals surface area contributed by atoms with Crippen LogP contribution >= 0.6 is 23.1 Å². The lowest BCUT2D eigenvalue weighted by Crippen LogP contribution is -2.44. The van der Waals surface area contributed by atoms with Gasteiger partial charge in [0.25, 0.3) is 0 Å². The molecule has 0 amide bonds. The van der Waals surface area contributed by atoms with E-state index in [1.54, 1.807) is 10.4 Å². The van der Waals surface area contributed by atoms with Gasteiger partial charge in [-0.1, -0.05) is 6.42 Å². The van der Waals surface area contributed by atoms with Crippen molar-refractivity contribution in [1.29, 1.82) is 0 Å². The smallest absolute Gasteiger partial charge is 0.0331 e. The molecular formula is C14H21NS2. The zero-order valence-electron chi connectivity index (χ0n) is 10.5. The van der Waals surface area contributed by atoms with Gasteiger partial charge in [0.2, 0.25) is 0 Å². The third-order valence-electron chi connectivity index (χ3n) is 4.42. The lowest BCUT2D eigenvalue weighted by molar-refractivity contribution is 0.322. The Morgan fingerprint density at radius 2 is 2.35 bits per heavy atom. The maximum absolute atomic E-state index is 3.84. The van der Waals surface area contributed by atoms with Gasteiger partial charge in [0.1, 0.15) is 0 Å². The molecule has 3 rings (SSSR count). The molecular weight excluding hydrogens is 246 g/mol. The topological polar surface area (TPSA) is 12.0 Å². The molecule has 94 valence electrons. The van der Waals surface area contributed by atoms with Crippen LogP contribution in [0.1, 0.15) is 48.6 Å². The van der Waals surface area contributed by atoms with Crippen LogP contribution in [0.25, 0.3) is 0 Å². The van der Waals surface area contributed by atoms with Crippen LogP contribution < -0.4 is 5.32 Å². The molecule has 1 nitrogen and oxygen atoms in total. The third-order valence-corrected chi connectivity index (χ3v) is 6.84. The molecule has 1 fully saturated rings. The Morgan fingerprint density at radius 3 is 3.06 bits per heavy atom. The van der Waals surface area contributed by atoms with Crippen LogP contribution in [0, 0.1) is 0 Å². The highest BCUT2D eigenvalue weighted by atomic mass is 32.2. The highest BCUT2D eigenvalue weighted by Crippen LogP contribution is 2.43. The van der Waals surface area contributed by atoms with Crippen LogP contribution in [0.4, 0.5) is 0 Å². The first-order chi connectivity index (χ1) is 8.33. The second-order valence-corrected chi connectivity index (χ2v) is 7.64. The van der Waals surface area contributed by atoms with Gasteiger partial charge in [0.05, 0.1) is 0 Å². The minimum absolute atomic E-state index is 0.563. The summed E-state index contributed by atoms with van der Waals surface area (Å²) in [6, 6.07) is 2.97. The predicted octanol–water partition coefficient (Wildman–Crippen LogP) is 4.00. The molecule has 0 saturated heterocycles. The lowest BCUT2D eigenvalue weighted by Gasteiger charge is -2.42. The monoisotopic (exact) mass is 267 g/mol. The van der Waals surface area contributed by atoms with Gasteiger partial charge in [-0.05, 0) is 55.4 Å². The minimum atomic E-state index is 0.563. The van der Waals surface area contributed by atoms with E-state index < -0.39 is 0 Å². The van der Waals surface area contributed by atoms with E-state index in [1.165, 1.54) is 45.1 Å². The Hall–Kier alpha value is 0.0100. The van der Waals surface area contributed by atoms with Gasteiger partial charge in [-0.25, -0.2) is 0 Å². The van der Waals surface area contributed by atoms with E-state index in [9.17, 15) is 0 Å². The summed E-state index contributed by atoms with van der Waals surface area (Å²) in [7, 11) is 0. The van der Waals surface area contributed by atoms with Gasteiger partial charge in [0, 0.05) is 22.2 Å². The summed E-state index contributed by atoms with van der Waals surface area (Å²) in [5.74, 6) is 0. The summed E-state index contributed by atoms with van der Waals surface area (Å²) in [5, 5.41) is 6.11. The summed E-state index contributed by atoms with van der Waals surface area (Å²) in [5.41, 5.74) is 1.59. The molecule has 0 bridgehead atoms. The molecule has 0 radical (unpaired) electrons. The van der Waals surface area contributed by atoms with Crippen LogP contribution in [0.2, 0.25) is 0 Å². The molecule has 1 heterocycles. The second-order valence-electron chi connectivity index (χ2n) is 5.37. The number of fused-ring (bicyclic) bond motifs is 1. The highest BCUT2D eigenvalue weighted by molar-refractivity contribution is 8.00. The van der Waals surface area contributed by atoms with Crippen LogP contribution in [-0.2, 0) is 6.42 Å². The number of hydrogen-bond acceptors (Lipinski definition) is 3. The first-order valence-electron chi connectivity index (χ1n) is 6.68. The summed E-state index contributed by atoms with van der Waals surface area (Å²) >= 11 is 4.01. The van der Waals surface area contributed by atoms with Crippen molar-refractivity contribution in [2.75, 3.05) is 12.8 Å². The lowest BCUT2D eigenvalue weighted by atomic mass is 9.83. The average molecular weight is 267 g/mol.